The number of benzene rings is 1. The summed E-state index contributed by atoms with van der Waals surface area (Å²) in [7, 11) is 1.57. The maximum absolute atomic E-state index is 12.2. The molecule has 1 aliphatic rings. The fourth-order valence-corrected chi connectivity index (χ4v) is 2.13. The fourth-order valence-electron chi connectivity index (χ4n) is 2.13. The molecule has 1 aromatic carbocycles. The van der Waals surface area contributed by atoms with Crippen molar-refractivity contribution in [3.63, 3.8) is 0 Å². The van der Waals surface area contributed by atoms with Gasteiger partial charge in [-0.05, 0) is 17.7 Å². The van der Waals surface area contributed by atoms with Crippen LogP contribution in [-0.2, 0) is 20.7 Å². The Kier molecular flexibility index (Phi) is 4.57. The van der Waals surface area contributed by atoms with Crippen LogP contribution >= 0.6 is 0 Å². The van der Waals surface area contributed by atoms with E-state index in [9.17, 15) is 9.59 Å². The molecular formula is C14H17NO5. The number of morpholine rings is 1. The van der Waals surface area contributed by atoms with Crippen LogP contribution in [-0.4, -0.2) is 54.8 Å². The van der Waals surface area contributed by atoms with E-state index in [2.05, 4.69) is 0 Å². The molecule has 0 radical (unpaired) electrons. The van der Waals surface area contributed by atoms with Crippen molar-refractivity contribution in [2.45, 2.75) is 12.5 Å². The van der Waals surface area contributed by atoms with Crippen molar-refractivity contribution < 1.29 is 24.2 Å². The second kappa shape index (κ2) is 6.38. The van der Waals surface area contributed by atoms with Crippen molar-refractivity contribution in [2.24, 2.45) is 0 Å². The SMILES string of the molecule is COc1ccc(CC(=O)N2CCOC[C@@H]2C(=O)O)cc1. The van der Waals surface area contributed by atoms with Gasteiger partial charge in [-0.25, -0.2) is 4.79 Å². The minimum Gasteiger partial charge on any atom is -0.497 e. The van der Waals surface area contributed by atoms with Gasteiger partial charge in [-0.1, -0.05) is 12.1 Å². The van der Waals surface area contributed by atoms with Crippen molar-refractivity contribution >= 4 is 11.9 Å². The van der Waals surface area contributed by atoms with E-state index in [4.69, 9.17) is 14.6 Å². The molecule has 0 aromatic heterocycles. The van der Waals surface area contributed by atoms with Gasteiger partial charge in [0.15, 0.2) is 6.04 Å². The van der Waals surface area contributed by atoms with Crippen LogP contribution in [0.15, 0.2) is 24.3 Å². The molecule has 0 bridgehead atoms. The van der Waals surface area contributed by atoms with Crippen LogP contribution in [0.5, 0.6) is 5.75 Å². The number of carbonyl (C=O) groups excluding carboxylic acids is 1. The molecule has 20 heavy (non-hydrogen) atoms. The van der Waals surface area contributed by atoms with Crippen molar-refractivity contribution in [2.75, 3.05) is 26.9 Å². The molecular weight excluding hydrogens is 262 g/mol. The quantitative estimate of drug-likeness (QED) is 0.871. The number of rotatable bonds is 4. The molecule has 0 saturated carbocycles. The largest absolute Gasteiger partial charge is 0.497 e. The van der Waals surface area contributed by atoms with E-state index in [0.717, 1.165) is 11.3 Å². The number of hydrogen-bond donors (Lipinski definition) is 1. The van der Waals surface area contributed by atoms with E-state index >= 15 is 0 Å². The lowest BCUT2D eigenvalue weighted by Gasteiger charge is -2.32. The Balaban J connectivity index is 2.03. The normalized spacial score (nSPS) is 18.6. The zero-order valence-electron chi connectivity index (χ0n) is 11.2. The first-order valence-electron chi connectivity index (χ1n) is 6.35. The fraction of sp³-hybridized carbons (Fsp3) is 0.429. The van der Waals surface area contributed by atoms with Crippen LogP contribution in [0.25, 0.3) is 0 Å². The minimum atomic E-state index is -1.03. The van der Waals surface area contributed by atoms with E-state index in [1.54, 1.807) is 31.4 Å². The number of hydrogen-bond acceptors (Lipinski definition) is 4. The van der Waals surface area contributed by atoms with Gasteiger partial charge in [0.1, 0.15) is 5.75 Å². The maximum Gasteiger partial charge on any atom is 0.328 e. The van der Waals surface area contributed by atoms with E-state index < -0.39 is 12.0 Å². The summed E-state index contributed by atoms with van der Waals surface area (Å²) in [4.78, 5) is 24.7. The van der Waals surface area contributed by atoms with Gasteiger partial charge in [0.2, 0.25) is 5.91 Å². The Morgan fingerprint density at radius 2 is 2.10 bits per heavy atom. The number of carboxylic acid groups (broad SMARTS) is 1. The summed E-state index contributed by atoms with van der Waals surface area (Å²) in [6, 6.07) is 6.25. The molecule has 1 atom stereocenters. The van der Waals surface area contributed by atoms with Crippen LogP contribution in [0, 0.1) is 0 Å². The van der Waals surface area contributed by atoms with Crippen LogP contribution in [0.3, 0.4) is 0 Å². The van der Waals surface area contributed by atoms with Crippen molar-refractivity contribution in [3.05, 3.63) is 29.8 Å². The monoisotopic (exact) mass is 279 g/mol. The average molecular weight is 279 g/mol. The molecule has 0 spiro atoms. The van der Waals surface area contributed by atoms with Crippen molar-refractivity contribution in [1.29, 1.82) is 0 Å². The lowest BCUT2D eigenvalue weighted by Crippen LogP contribution is -2.53. The lowest BCUT2D eigenvalue weighted by atomic mass is 10.1. The molecule has 1 aliphatic heterocycles. The molecule has 1 N–H and O–H groups in total. The van der Waals surface area contributed by atoms with Crippen LogP contribution in [0.1, 0.15) is 5.56 Å². The van der Waals surface area contributed by atoms with Crippen LogP contribution in [0.4, 0.5) is 0 Å². The molecule has 1 heterocycles. The van der Waals surface area contributed by atoms with E-state index in [1.165, 1.54) is 4.90 Å². The first-order valence-corrected chi connectivity index (χ1v) is 6.35. The van der Waals surface area contributed by atoms with Gasteiger partial charge >= 0.3 is 5.97 Å². The van der Waals surface area contributed by atoms with Gasteiger partial charge in [0.05, 0.1) is 26.7 Å². The standard InChI is InChI=1S/C14H17NO5/c1-19-11-4-2-10(3-5-11)8-13(16)15-6-7-20-9-12(15)14(17)18/h2-5,12H,6-9H2,1H3,(H,17,18)/t12-/m1/s1. The zero-order valence-corrected chi connectivity index (χ0v) is 11.2. The Morgan fingerprint density at radius 3 is 2.70 bits per heavy atom. The van der Waals surface area contributed by atoms with Crippen LogP contribution in [0.2, 0.25) is 0 Å². The van der Waals surface area contributed by atoms with Gasteiger partial charge in [0, 0.05) is 6.54 Å². The smallest absolute Gasteiger partial charge is 0.328 e. The first-order chi connectivity index (χ1) is 9.61. The second-order valence-electron chi connectivity index (χ2n) is 4.54. The van der Waals surface area contributed by atoms with Gasteiger partial charge in [0.25, 0.3) is 0 Å². The molecule has 2 rings (SSSR count). The summed E-state index contributed by atoms with van der Waals surface area (Å²) >= 11 is 0. The molecule has 0 aliphatic carbocycles. The van der Waals surface area contributed by atoms with E-state index in [-0.39, 0.29) is 18.9 Å². The molecule has 108 valence electrons. The molecule has 1 amide bonds. The highest BCUT2D eigenvalue weighted by Gasteiger charge is 2.32. The zero-order chi connectivity index (χ0) is 14.5. The van der Waals surface area contributed by atoms with Gasteiger partial charge in [-0.3, -0.25) is 4.79 Å². The number of carbonyl (C=O) groups is 2. The Hall–Kier alpha value is -2.08. The molecule has 0 unspecified atom stereocenters. The number of nitrogens with zero attached hydrogens (tertiary/aromatic N) is 1. The highest BCUT2D eigenvalue weighted by Crippen LogP contribution is 2.14. The van der Waals surface area contributed by atoms with Crippen LogP contribution < -0.4 is 4.74 Å². The highest BCUT2D eigenvalue weighted by atomic mass is 16.5. The predicted molar refractivity (Wildman–Crippen MR) is 70.7 cm³/mol. The summed E-state index contributed by atoms with van der Waals surface area (Å²) in [5.74, 6) is -0.519. The first kappa shape index (κ1) is 14.3. The third kappa shape index (κ3) is 3.27. The molecule has 1 aromatic rings. The minimum absolute atomic E-state index is 0.0453. The van der Waals surface area contributed by atoms with Gasteiger partial charge < -0.3 is 19.5 Å². The van der Waals surface area contributed by atoms with Crippen molar-refractivity contribution in [1.82, 2.24) is 4.90 Å². The molecule has 1 fully saturated rings. The average Bonchev–Trinajstić information content (AvgIpc) is 2.48. The number of carboxylic acids is 1. The van der Waals surface area contributed by atoms with Gasteiger partial charge in [-0.15, -0.1) is 0 Å². The van der Waals surface area contributed by atoms with Gasteiger partial charge in [-0.2, -0.15) is 0 Å². The summed E-state index contributed by atoms with van der Waals surface area (Å²) in [6.07, 6.45) is 0.174. The third-order valence-electron chi connectivity index (χ3n) is 3.25. The summed E-state index contributed by atoms with van der Waals surface area (Å²) in [5, 5.41) is 9.10. The predicted octanol–water partition coefficient (Wildman–Crippen LogP) is 0.550. The number of ether oxygens (including phenoxy) is 2. The van der Waals surface area contributed by atoms with E-state index in [0.29, 0.717) is 13.2 Å². The Labute approximate surface area is 116 Å². The van der Waals surface area contributed by atoms with E-state index in [1.807, 2.05) is 0 Å². The summed E-state index contributed by atoms with van der Waals surface area (Å²) in [5.41, 5.74) is 0.825. The number of amides is 1. The third-order valence-corrected chi connectivity index (χ3v) is 3.25. The Morgan fingerprint density at radius 1 is 1.40 bits per heavy atom. The number of aliphatic carboxylic acids is 1. The Bertz CT molecular complexity index is 485. The lowest BCUT2D eigenvalue weighted by molar-refractivity contribution is -0.158. The van der Waals surface area contributed by atoms with Crippen molar-refractivity contribution in [3.8, 4) is 5.75 Å². The number of methoxy groups -OCH3 is 1. The molecule has 6 heteroatoms. The maximum atomic E-state index is 12.2. The molecule has 6 nitrogen and oxygen atoms in total. The topological polar surface area (TPSA) is 76.1 Å². The summed E-state index contributed by atoms with van der Waals surface area (Å²) < 4.78 is 10.2. The summed E-state index contributed by atoms with van der Waals surface area (Å²) in [6.45, 7) is 0.730. The molecule has 1 saturated heterocycles. The second-order valence-corrected chi connectivity index (χ2v) is 4.54. The highest BCUT2D eigenvalue weighted by molar-refractivity contribution is 5.85.